The molecule has 0 saturated heterocycles. The van der Waals surface area contributed by atoms with E-state index in [1.165, 1.54) is 24.3 Å². The van der Waals surface area contributed by atoms with Crippen LogP contribution in [0, 0.1) is 5.82 Å². The standard InChI is InChI=1S/C17H14BrFN2O2/c18-13-5-3-12(4-6-13)17(9-10-17)16(23)21-20-15(22)11-1-7-14(19)8-2-11/h1-8H,9-10H2,(H,20,22)(H,21,23). The van der Waals surface area contributed by atoms with Crippen LogP contribution in [0.25, 0.3) is 0 Å². The topological polar surface area (TPSA) is 58.2 Å². The molecule has 0 aliphatic heterocycles. The monoisotopic (exact) mass is 376 g/mol. The molecular formula is C17H14BrFN2O2. The Morgan fingerprint density at radius 2 is 1.57 bits per heavy atom. The van der Waals surface area contributed by atoms with Crippen LogP contribution in [-0.4, -0.2) is 11.8 Å². The van der Waals surface area contributed by atoms with Crippen LogP contribution in [-0.2, 0) is 10.2 Å². The highest BCUT2D eigenvalue weighted by atomic mass is 79.9. The zero-order valence-electron chi connectivity index (χ0n) is 12.1. The summed E-state index contributed by atoms with van der Waals surface area (Å²) in [4.78, 5) is 24.3. The van der Waals surface area contributed by atoms with Gasteiger partial charge in [-0.25, -0.2) is 4.39 Å². The maximum atomic E-state index is 12.8. The van der Waals surface area contributed by atoms with Gasteiger partial charge in [-0.3, -0.25) is 20.4 Å². The molecule has 2 amide bonds. The van der Waals surface area contributed by atoms with Crippen molar-refractivity contribution >= 4 is 27.7 Å². The Hall–Kier alpha value is -2.21. The highest BCUT2D eigenvalue weighted by molar-refractivity contribution is 9.10. The molecule has 2 aromatic carbocycles. The van der Waals surface area contributed by atoms with E-state index >= 15 is 0 Å². The van der Waals surface area contributed by atoms with Gasteiger partial charge in [-0.1, -0.05) is 28.1 Å². The summed E-state index contributed by atoms with van der Waals surface area (Å²) in [5.74, 6) is -1.14. The first-order valence-electron chi connectivity index (χ1n) is 7.14. The lowest BCUT2D eigenvalue weighted by Crippen LogP contribution is -2.46. The zero-order valence-corrected chi connectivity index (χ0v) is 13.7. The number of amides is 2. The van der Waals surface area contributed by atoms with Crippen LogP contribution in [0.1, 0.15) is 28.8 Å². The number of nitrogens with one attached hydrogen (secondary N) is 2. The molecule has 1 aliphatic rings. The van der Waals surface area contributed by atoms with Gasteiger partial charge in [0.2, 0.25) is 5.91 Å². The van der Waals surface area contributed by atoms with Crippen molar-refractivity contribution in [2.45, 2.75) is 18.3 Å². The molecule has 0 atom stereocenters. The second-order valence-corrected chi connectivity index (χ2v) is 6.42. The highest BCUT2D eigenvalue weighted by Gasteiger charge is 2.51. The summed E-state index contributed by atoms with van der Waals surface area (Å²) in [5, 5.41) is 0. The van der Waals surface area contributed by atoms with Crippen LogP contribution >= 0.6 is 15.9 Å². The first-order valence-corrected chi connectivity index (χ1v) is 7.93. The predicted molar refractivity (Wildman–Crippen MR) is 87.1 cm³/mol. The Morgan fingerprint density at radius 1 is 0.957 bits per heavy atom. The van der Waals surface area contributed by atoms with Gasteiger partial charge in [-0.2, -0.15) is 0 Å². The van der Waals surface area contributed by atoms with Crippen molar-refractivity contribution in [2.75, 3.05) is 0 Å². The molecule has 0 unspecified atom stereocenters. The Balaban J connectivity index is 1.64. The van der Waals surface area contributed by atoms with E-state index in [9.17, 15) is 14.0 Å². The van der Waals surface area contributed by atoms with Crippen LogP contribution in [0.2, 0.25) is 0 Å². The molecule has 0 bridgehead atoms. The molecule has 1 fully saturated rings. The molecule has 2 aromatic rings. The molecule has 1 aliphatic carbocycles. The number of hydrogen-bond donors (Lipinski definition) is 2. The summed E-state index contributed by atoms with van der Waals surface area (Å²) < 4.78 is 13.8. The van der Waals surface area contributed by atoms with Gasteiger partial charge in [0.25, 0.3) is 5.91 Å². The van der Waals surface area contributed by atoms with Gasteiger partial charge in [-0.05, 0) is 54.8 Å². The van der Waals surface area contributed by atoms with E-state index in [-0.39, 0.29) is 11.5 Å². The lowest BCUT2D eigenvalue weighted by atomic mass is 9.95. The maximum absolute atomic E-state index is 12.8. The van der Waals surface area contributed by atoms with E-state index in [0.717, 1.165) is 22.9 Å². The van der Waals surface area contributed by atoms with Crippen molar-refractivity contribution in [3.63, 3.8) is 0 Å². The first-order chi connectivity index (χ1) is 11.0. The largest absolute Gasteiger partial charge is 0.272 e. The first kappa shape index (κ1) is 15.7. The molecular weight excluding hydrogens is 363 g/mol. The van der Waals surface area contributed by atoms with Crippen LogP contribution in [0.3, 0.4) is 0 Å². The minimum absolute atomic E-state index is 0.240. The van der Waals surface area contributed by atoms with Crippen molar-refractivity contribution in [1.29, 1.82) is 0 Å². The molecule has 0 heterocycles. The maximum Gasteiger partial charge on any atom is 0.269 e. The van der Waals surface area contributed by atoms with Crippen LogP contribution in [0.5, 0.6) is 0 Å². The molecule has 4 nitrogen and oxygen atoms in total. The quantitative estimate of drug-likeness (QED) is 0.808. The van der Waals surface area contributed by atoms with E-state index in [0.29, 0.717) is 0 Å². The minimum Gasteiger partial charge on any atom is -0.272 e. The lowest BCUT2D eigenvalue weighted by Gasteiger charge is -2.16. The molecule has 6 heteroatoms. The van der Waals surface area contributed by atoms with Gasteiger partial charge in [0, 0.05) is 10.0 Å². The summed E-state index contributed by atoms with van der Waals surface area (Å²) in [6, 6.07) is 12.7. The van der Waals surface area contributed by atoms with Gasteiger partial charge in [-0.15, -0.1) is 0 Å². The third-order valence-electron chi connectivity index (χ3n) is 3.98. The molecule has 23 heavy (non-hydrogen) atoms. The number of carbonyl (C=O) groups excluding carboxylic acids is 2. The molecule has 0 spiro atoms. The average Bonchev–Trinajstić information content (AvgIpc) is 3.35. The van der Waals surface area contributed by atoms with E-state index in [1.54, 1.807) is 0 Å². The number of carbonyl (C=O) groups is 2. The van der Waals surface area contributed by atoms with Crippen molar-refractivity contribution in [1.82, 2.24) is 10.9 Å². The van der Waals surface area contributed by atoms with Gasteiger partial charge < -0.3 is 0 Å². The number of rotatable bonds is 3. The molecule has 0 aromatic heterocycles. The third kappa shape index (κ3) is 3.27. The van der Waals surface area contributed by atoms with Crippen LogP contribution < -0.4 is 10.9 Å². The normalized spacial score (nSPS) is 14.9. The molecule has 3 rings (SSSR count). The van der Waals surface area contributed by atoms with Crippen LogP contribution in [0.4, 0.5) is 4.39 Å². The van der Waals surface area contributed by atoms with Crippen molar-refractivity contribution < 1.29 is 14.0 Å². The minimum atomic E-state index is -0.573. The fraction of sp³-hybridized carbons (Fsp3) is 0.176. The number of benzene rings is 2. The van der Waals surface area contributed by atoms with Gasteiger partial charge in [0.05, 0.1) is 5.41 Å². The predicted octanol–water partition coefficient (Wildman–Crippen LogP) is 3.08. The lowest BCUT2D eigenvalue weighted by molar-refractivity contribution is -0.124. The molecule has 2 N–H and O–H groups in total. The Kier molecular flexibility index (Phi) is 4.17. The smallest absolute Gasteiger partial charge is 0.269 e. The summed E-state index contributed by atoms with van der Waals surface area (Å²) in [6.07, 6.45) is 1.49. The summed E-state index contributed by atoms with van der Waals surface area (Å²) in [7, 11) is 0. The second-order valence-electron chi connectivity index (χ2n) is 5.50. The fourth-order valence-electron chi connectivity index (χ4n) is 2.45. The van der Waals surface area contributed by atoms with Crippen molar-refractivity contribution in [3.8, 4) is 0 Å². The number of halogens is 2. The van der Waals surface area contributed by atoms with E-state index in [4.69, 9.17) is 0 Å². The Bertz CT molecular complexity index is 740. The Morgan fingerprint density at radius 3 is 2.13 bits per heavy atom. The van der Waals surface area contributed by atoms with E-state index in [2.05, 4.69) is 26.8 Å². The number of hydrazine groups is 1. The second kappa shape index (κ2) is 6.12. The van der Waals surface area contributed by atoms with Gasteiger partial charge in [0.15, 0.2) is 0 Å². The fourth-order valence-corrected chi connectivity index (χ4v) is 2.71. The highest BCUT2D eigenvalue weighted by Crippen LogP contribution is 2.48. The summed E-state index contributed by atoms with van der Waals surface area (Å²) >= 11 is 3.37. The van der Waals surface area contributed by atoms with Crippen molar-refractivity contribution in [3.05, 3.63) is 69.9 Å². The molecule has 118 valence electrons. The Labute approximate surface area is 141 Å². The van der Waals surface area contributed by atoms with Crippen LogP contribution in [0.15, 0.2) is 53.0 Å². The third-order valence-corrected chi connectivity index (χ3v) is 4.51. The zero-order chi connectivity index (χ0) is 16.4. The van der Waals surface area contributed by atoms with E-state index in [1.807, 2.05) is 24.3 Å². The average molecular weight is 377 g/mol. The van der Waals surface area contributed by atoms with Gasteiger partial charge in [0.1, 0.15) is 5.82 Å². The summed E-state index contributed by atoms with van der Waals surface area (Å²) in [5.41, 5.74) is 5.47. The molecule has 1 saturated carbocycles. The molecule has 0 radical (unpaired) electrons. The SMILES string of the molecule is O=C(NNC(=O)C1(c2ccc(Br)cc2)CC1)c1ccc(F)cc1. The number of hydrogen-bond acceptors (Lipinski definition) is 2. The van der Waals surface area contributed by atoms with Gasteiger partial charge >= 0.3 is 0 Å². The summed E-state index contributed by atoms with van der Waals surface area (Å²) in [6.45, 7) is 0. The van der Waals surface area contributed by atoms with Crippen molar-refractivity contribution in [2.24, 2.45) is 0 Å². The van der Waals surface area contributed by atoms with E-state index < -0.39 is 17.1 Å².